The number of rotatable bonds is 43. The SMILES string of the molecule is CCCCCCCC/C=C/CCCCCCCCCCCCCC(=O)OC[C@H](CO)OC(=O)CCC/C=C/C/C=C/C/C=C/C/C=C/CCCCCCCCC. The van der Waals surface area contributed by atoms with Gasteiger partial charge in [0.25, 0.3) is 0 Å². The van der Waals surface area contributed by atoms with Crippen LogP contribution in [0.4, 0.5) is 0 Å². The van der Waals surface area contributed by atoms with Gasteiger partial charge in [0.15, 0.2) is 6.10 Å². The van der Waals surface area contributed by atoms with Gasteiger partial charge in [0.2, 0.25) is 0 Å². The summed E-state index contributed by atoms with van der Waals surface area (Å²) < 4.78 is 10.6. The summed E-state index contributed by atoms with van der Waals surface area (Å²) in [5.74, 6) is -0.654. The van der Waals surface area contributed by atoms with Crippen LogP contribution in [-0.4, -0.2) is 36.4 Å². The van der Waals surface area contributed by atoms with Gasteiger partial charge in [-0.05, 0) is 77.0 Å². The van der Waals surface area contributed by atoms with Crippen molar-refractivity contribution < 1.29 is 24.2 Å². The van der Waals surface area contributed by atoms with Gasteiger partial charge in [-0.1, -0.05) is 203 Å². The van der Waals surface area contributed by atoms with E-state index in [2.05, 4.69) is 74.6 Å². The number of aliphatic hydroxyl groups is 1. The van der Waals surface area contributed by atoms with Crippen LogP contribution in [0.5, 0.6) is 0 Å². The highest BCUT2D eigenvalue weighted by molar-refractivity contribution is 5.70. The predicted molar refractivity (Wildman–Crippen MR) is 242 cm³/mol. The summed E-state index contributed by atoms with van der Waals surface area (Å²) in [4.78, 5) is 24.4. The van der Waals surface area contributed by atoms with E-state index in [4.69, 9.17) is 9.47 Å². The summed E-state index contributed by atoms with van der Waals surface area (Å²) in [5, 5.41) is 9.59. The number of hydrogen-bond donors (Lipinski definition) is 1. The summed E-state index contributed by atoms with van der Waals surface area (Å²) in [7, 11) is 0. The van der Waals surface area contributed by atoms with Crippen molar-refractivity contribution in [1.29, 1.82) is 0 Å². The molecule has 1 atom stereocenters. The second kappa shape index (κ2) is 47.0. The number of esters is 2. The third-order valence-corrected chi connectivity index (χ3v) is 10.3. The Morgan fingerprint density at radius 2 is 0.732 bits per heavy atom. The Kier molecular flexibility index (Phi) is 45.0. The van der Waals surface area contributed by atoms with E-state index in [0.29, 0.717) is 12.8 Å². The van der Waals surface area contributed by atoms with E-state index in [1.165, 1.54) is 154 Å². The Bertz CT molecular complexity index is 977. The molecule has 0 aromatic heterocycles. The quantitative estimate of drug-likeness (QED) is 0.0379. The lowest BCUT2D eigenvalue weighted by molar-refractivity contribution is -0.161. The van der Waals surface area contributed by atoms with E-state index in [0.717, 1.165) is 44.9 Å². The van der Waals surface area contributed by atoms with Crippen molar-refractivity contribution in [2.24, 2.45) is 0 Å². The molecule has 0 spiro atoms. The third kappa shape index (κ3) is 44.3. The maximum absolute atomic E-state index is 12.2. The molecule has 5 heteroatoms. The van der Waals surface area contributed by atoms with Gasteiger partial charge in [-0.15, -0.1) is 0 Å². The number of unbranched alkanes of at least 4 members (excludes halogenated alkanes) is 25. The van der Waals surface area contributed by atoms with Gasteiger partial charge in [0.1, 0.15) is 6.61 Å². The van der Waals surface area contributed by atoms with Crippen LogP contribution < -0.4 is 0 Å². The number of carbonyl (C=O) groups is 2. The van der Waals surface area contributed by atoms with Crippen LogP contribution in [-0.2, 0) is 19.1 Å². The molecule has 0 fully saturated rings. The predicted octanol–water partition coefficient (Wildman–Crippen LogP) is 15.5. The van der Waals surface area contributed by atoms with Crippen molar-refractivity contribution in [2.45, 2.75) is 238 Å². The van der Waals surface area contributed by atoms with Crippen LogP contribution in [0.25, 0.3) is 0 Å². The minimum atomic E-state index is -0.802. The summed E-state index contributed by atoms with van der Waals surface area (Å²) in [6, 6.07) is 0. The summed E-state index contributed by atoms with van der Waals surface area (Å²) in [6.07, 6.45) is 61.6. The molecule has 0 bridgehead atoms. The van der Waals surface area contributed by atoms with Crippen molar-refractivity contribution in [3.05, 3.63) is 60.8 Å². The Hall–Kier alpha value is -2.40. The fourth-order valence-corrected chi connectivity index (χ4v) is 6.66. The van der Waals surface area contributed by atoms with Crippen LogP contribution >= 0.6 is 0 Å². The first-order valence-corrected chi connectivity index (χ1v) is 23.8. The summed E-state index contributed by atoms with van der Waals surface area (Å²) >= 11 is 0. The highest BCUT2D eigenvalue weighted by atomic mass is 16.6. The van der Waals surface area contributed by atoms with Crippen LogP contribution in [0.2, 0.25) is 0 Å². The lowest BCUT2D eigenvalue weighted by atomic mass is 10.0. The van der Waals surface area contributed by atoms with E-state index in [1.54, 1.807) is 0 Å². The molecule has 0 heterocycles. The third-order valence-electron chi connectivity index (χ3n) is 10.3. The lowest BCUT2D eigenvalue weighted by Crippen LogP contribution is -2.28. The fraction of sp³-hybridized carbons (Fsp3) is 0.765. The molecule has 5 nitrogen and oxygen atoms in total. The Balaban J connectivity index is 3.61. The average Bonchev–Trinajstić information content (AvgIpc) is 3.20. The van der Waals surface area contributed by atoms with Gasteiger partial charge in [0.05, 0.1) is 6.61 Å². The standard InChI is InChI=1S/C51H90O5/c1-3-5-7-9-11-13-15-17-19-21-23-25-27-29-31-33-35-37-39-41-43-45-50(53)55-48-49(47-52)56-51(54)46-44-42-40-38-36-34-32-30-28-26-24-22-20-18-16-14-12-10-8-6-4-2/h17,19-20,22,26,28,32,34,38,40,49,52H,3-16,18,21,23-25,27,29-31,33,35-37,39,41-48H2,1-2H3/b19-17+,22-20+,28-26+,34-32+,40-38+/t49-/m0/s1. The summed E-state index contributed by atoms with van der Waals surface area (Å²) in [5.41, 5.74) is 0. The first kappa shape index (κ1) is 53.6. The van der Waals surface area contributed by atoms with Crippen molar-refractivity contribution in [3.8, 4) is 0 Å². The Labute approximate surface area is 347 Å². The molecule has 0 rings (SSSR count). The smallest absolute Gasteiger partial charge is 0.306 e. The van der Waals surface area contributed by atoms with Crippen molar-refractivity contribution in [3.63, 3.8) is 0 Å². The highest BCUT2D eigenvalue weighted by Gasteiger charge is 2.16. The van der Waals surface area contributed by atoms with Gasteiger partial charge in [-0.25, -0.2) is 0 Å². The summed E-state index contributed by atoms with van der Waals surface area (Å²) in [6.45, 7) is 4.10. The van der Waals surface area contributed by atoms with Crippen molar-refractivity contribution >= 4 is 11.9 Å². The molecule has 0 aromatic rings. The van der Waals surface area contributed by atoms with Crippen LogP contribution in [0.3, 0.4) is 0 Å². The largest absolute Gasteiger partial charge is 0.462 e. The van der Waals surface area contributed by atoms with E-state index >= 15 is 0 Å². The molecule has 0 saturated carbocycles. The topological polar surface area (TPSA) is 72.8 Å². The van der Waals surface area contributed by atoms with Crippen LogP contribution in [0, 0.1) is 0 Å². The average molecular weight is 783 g/mol. The number of aliphatic hydroxyl groups excluding tert-OH is 1. The van der Waals surface area contributed by atoms with E-state index in [9.17, 15) is 14.7 Å². The monoisotopic (exact) mass is 783 g/mol. The second-order valence-corrected chi connectivity index (χ2v) is 15.8. The van der Waals surface area contributed by atoms with Gasteiger partial charge in [0, 0.05) is 12.8 Å². The number of allylic oxidation sites excluding steroid dienone is 10. The molecule has 0 aliphatic carbocycles. The van der Waals surface area contributed by atoms with Gasteiger partial charge >= 0.3 is 11.9 Å². The van der Waals surface area contributed by atoms with Crippen LogP contribution in [0.15, 0.2) is 60.8 Å². The molecule has 0 aliphatic rings. The molecule has 0 amide bonds. The van der Waals surface area contributed by atoms with E-state index in [1.807, 2.05) is 0 Å². The molecule has 324 valence electrons. The minimum Gasteiger partial charge on any atom is -0.462 e. The first-order valence-electron chi connectivity index (χ1n) is 23.8. The second-order valence-electron chi connectivity index (χ2n) is 15.8. The molecule has 0 unspecified atom stereocenters. The normalized spacial score (nSPS) is 12.7. The van der Waals surface area contributed by atoms with Crippen molar-refractivity contribution in [1.82, 2.24) is 0 Å². The maximum atomic E-state index is 12.2. The molecule has 0 saturated heterocycles. The fourth-order valence-electron chi connectivity index (χ4n) is 6.66. The minimum absolute atomic E-state index is 0.0888. The molecular formula is C51H90O5. The molecule has 1 N–H and O–H groups in total. The zero-order valence-electron chi connectivity index (χ0n) is 36.9. The lowest BCUT2D eigenvalue weighted by Gasteiger charge is -2.15. The Morgan fingerprint density at radius 1 is 0.411 bits per heavy atom. The molecular weight excluding hydrogens is 693 g/mol. The molecule has 0 aliphatic heterocycles. The van der Waals surface area contributed by atoms with Gasteiger partial charge in [-0.2, -0.15) is 0 Å². The van der Waals surface area contributed by atoms with Gasteiger partial charge < -0.3 is 14.6 Å². The van der Waals surface area contributed by atoms with E-state index < -0.39 is 6.10 Å². The van der Waals surface area contributed by atoms with Crippen LogP contribution in [0.1, 0.15) is 232 Å². The molecule has 0 radical (unpaired) electrons. The Morgan fingerprint density at radius 3 is 1.14 bits per heavy atom. The zero-order valence-corrected chi connectivity index (χ0v) is 36.9. The highest BCUT2D eigenvalue weighted by Crippen LogP contribution is 2.14. The molecule has 0 aromatic carbocycles. The number of hydrogen-bond acceptors (Lipinski definition) is 5. The number of carbonyl (C=O) groups excluding carboxylic acids is 2. The first-order chi connectivity index (χ1) is 27.6. The maximum Gasteiger partial charge on any atom is 0.306 e. The number of ether oxygens (including phenoxy) is 2. The van der Waals surface area contributed by atoms with Gasteiger partial charge in [-0.3, -0.25) is 9.59 Å². The van der Waals surface area contributed by atoms with Crippen molar-refractivity contribution in [2.75, 3.05) is 13.2 Å². The molecule has 56 heavy (non-hydrogen) atoms. The zero-order chi connectivity index (χ0) is 40.7. The van der Waals surface area contributed by atoms with E-state index in [-0.39, 0.29) is 31.6 Å².